The summed E-state index contributed by atoms with van der Waals surface area (Å²) >= 11 is 5.93. The van der Waals surface area contributed by atoms with Crippen LogP contribution in [-0.2, 0) is 0 Å². The minimum Gasteiger partial charge on any atom is -0.307 e. The van der Waals surface area contributed by atoms with Crippen molar-refractivity contribution in [3.05, 3.63) is 52.9 Å². The summed E-state index contributed by atoms with van der Waals surface area (Å²) in [4.78, 5) is 20.3. The summed E-state index contributed by atoms with van der Waals surface area (Å²) in [5.74, 6) is 0.469. The van der Waals surface area contributed by atoms with E-state index in [1.165, 1.54) is 0 Å². The molecule has 2 aromatic heterocycles. The van der Waals surface area contributed by atoms with E-state index in [0.717, 1.165) is 5.69 Å². The molecule has 0 saturated carbocycles. The van der Waals surface area contributed by atoms with Gasteiger partial charge in [0.05, 0.1) is 0 Å². The average Bonchev–Trinajstić information content (AvgIpc) is 2.39. The molecule has 1 amide bonds. The van der Waals surface area contributed by atoms with Crippen LogP contribution in [0, 0.1) is 0 Å². The third kappa shape index (κ3) is 3.51. The Morgan fingerprint density at radius 3 is 2.74 bits per heavy atom. The molecule has 0 radical (unpaired) electrons. The van der Waals surface area contributed by atoms with Crippen molar-refractivity contribution in [3.8, 4) is 0 Å². The molecule has 19 heavy (non-hydrogen) atoms. The van der Waals surface area contributed by atoms with Crippen LogP contribution < -0.4 is 5.32 Å². The van der Waals surface area contributed by atoms with Gasteiger partial charge < -0.3 is 5.32 Å². The van der Waals surface area contributed by atoms with Gasteiger partial charge in [0.2, 0.25) is 0 Å². The molecule has 0 fully saturated rings. The van der Waals surface area contributed by atoms with E-state index in [4.69, 9.17) is 11.6 Å². The SMILES string of the molecule is CC(C)c1cc(C(=O)Nc2ccccn2)cc(Cl)n1. The van der Waals surface area contributed by atoms with E-state index in [1.807, 2.05) is 19.9 Å². The summed E-state index contributed by atoms with van der Waals surface area (Å²) < 4.78 is 0. The zero-order valence-electron chi connectivity index (χ0n) is 10.7. The fourth-order valence-electron chi connectivity index (χ4n) is 1.57. The second-order valence-electron chi connectivity index (χ2n) is 4.43. The first kappa shape index (κ1) is 13.5. The summed E-state index contributed by atoms with van der Waals surface area (Å²) in [5.41, 5.74) is 1.27. The molecule has 1 N–H and O–H groups in total. The molecule has 98 valence electrons. The maximum Gasteiger partial charge on any atom is 0.256 e. The first-order valence-corrected chi connectivity index (χ1v) is 6.34. The van der Waals surface area contributed by atoms with E-state index in [2.05, 4.69) is 15.3 Å². The van der Waals surface area contributed by atoms with E-state index in [9.17, 15) is 4.79 Å². The molecule has 2 aromatic rings. The lowest BCUT2D eigenvalue weighted by Gasteiger charge is -2.08. The molecule has 5 heteroatoms. The lowest BCUT2D eigenvalue weighted by molar-refractivity contribution is 0.102. The van der Waals surface area contributed by atoms with Crippen molar-refractivity contribution >= 4 is 23.3 Å². The first-order valence-electron chi connectivity index (χ1n) is 5.96. The highest BCUT2D eigenvalue weighted by Gasteiger charge is 2.11. The van der Waals surface area contributed by atoms with Crippen molar-refractivity contribution in [1.29, 1.82) is 0 Å². The molecule has 0 saturated heterocycles. The second-order valence-corrected chi connectivity index (χ2v) is 4.81. The van der Waals surface area contributed by atoms with E-state index in [0.29, 0.717) is 16.5 Å². The zero-order chi connectivity index (χ0) is 13.8. The van der Waals surface area contributed by atoms with Crippen molar-refractivity contribution in [3.63, 3.8) is 0 Å². The van der Waals surface area contributed by atoms with Gasteiger partial charge in [0, 0.05) is 17.5 Å². The number of rotatable bonds is 3. The maximum absolute atomic E-state index is 12.1. The Bertz CT molecular complexity index is 584. The molecule has 0 unspecified atom stereocenters. The highest BCUT2D eigenvalue weighted by molar-refractivity contribution is 6.29. The van der Waals surface area contributed by atoms with Crippen LogP contribution in [0.1, 0.15) is 35.8 Å². The molecule has 0 bridgehead atoms. The zero-order valence-corrected chi connectivity index (χ0v) is 11.5. The Morgan fingerprint density at radius 2 is 2.11 bits per heavy atom. The van der Waals surface area contributed by atoms with Gasteiger partial charge in [-0.1, -0.05) is 31.5 Å². The number of nitrogens with one attached hydrogen (secondary N) is 1. The number of halogens is 1. The smallest absolute Gasteiger partial charge is 0.256 e. The Balaban J connectivity index is 2.24. The van der Waals surface area contributed by atoms with Gasteiger partial charge in [-0.25, -0.2) is 9.97 Å². The van der Waals surface area contributed by atoms with E-state index in [1.54, 1.807) is 30.5 Å². The molecule has 0 aliphatic carbocycles. The number of carbonyl (C=O) groups excluding carboxylic acids is 1. The van der Waals surface area contributed by atoms with Crippen LogP contribution in [-0.4, -0.2) is 15.9 Å². The van der Waals surface area contributed by atoms with Crippen LogP contribution in [0.5, 0.6) is 0 Å². The van der Waals surface area contributed by atoms with Crippen LogP contribution in [0.4, 0.5) is 5.82 Å². The number of pyridine rings is 2. The van der Waals surface area contributed by atoms with E-state index < -0.39 is 0 Å². The van der Waals surface area contributed by atoms with Crippen LogP contribution in [0.15, 0.2) is 36.5 Å². The number of amides is 1. The van der Waals surface area contributed by atoms with Gasteiger partial charge in [0.15, 0.2) is 0 Å². The Morgan fingerprint density at radius 1 is 1.32 bits per heavy atom. The standard InChI is InChI=1S/C14H14ClN3O/c1-9(2)11-7-10(8-12(15)17-11)14(19)18-13-5-3-4-6-16-13/h3-9H,1-2H3,(H,16,18,19). The molecule has 0 aliphatic rings. The lowest BCUT2D eigenvalue weighted by atomic mass is 10.1. The molecule has 0 aliphatic heterocycles. The summed E-state index contributed by atoms with van der Waals surface area (Å²) in [6, 6.07) is 8.61. The van der Waals surface area contributed by atoms with Gasteiger partial charge in [-0.2, -0.15) is 0 Å². The quantitative estimate of drug-likeness (QED) is 0.872. The summed E-state index contributed by atoms with van der Waals surface area (Å²) in [5, 5.41) is 3.03. The molecule has 2 rings (SSSR count). The highest BCUT2D eigenvalue weighted by atomic mass is 35.5. The fourth-order valence-corrected chi connectivity index (χ4v) is 1.78. The molecular weight excluding hydrogens is 262 g/mol. The first-order chi connectivity index (χ1) is 9.06. The fraction of sp³-hybridized carbons (Fsp3) is 0.214. The number of nitrogens with zero attached hydrogens (tertiary/aromatic N) is 2. The molecule has 2 heterocycles. The normalized spacial score (nSPS) is 10.5. The van der Waals surface area contributed by atoms with Gasteiger partial charge in [0.25, 0.3) is 5.91 Å². The highest BCUT2D eigenvalue weighted by Crippen LogP contribution is 2.18. The third-order valence-electron chi connectivity index (χ3n) is 2.57. The minimum absolute atomic E-state index is 0.208. The molecule has 0 atom stereocenters. The summed E-state index contributed by atoms with van der Waals surface area (Å²) in [7, 11) is 0. The molecule has 4 nitrogen and oxygen atoms in total. The Kier molecular flexibility index (Phi) is 4.12. The van der Waals surface area contributed by atoms with Crippen molar-refractivity contribution in [1.82, 2.24) is 9.97 Å². The van der Waals surface area contributed by atoms with E-state index >= 15 is 0 Å². The van der Waals surface area contributed by atoms with Gasteiger partial charge in [0.1, 0.15) is 11.0 Å². The number of anilines is 1. The lowest BCUT2D eigenvalue weighted by Crippen LogP contribution is -2.13. The van der Waals surface area contributed by atoms with Crippen LogP contribution in [0.3, 0.4) is 0 Å². The van der Waals surface area contributed by atoms with Crippen LogP contribution in [0.2, 0.25) is 5.15 Å². The van der Waals surface area contributed by atoms with Crippen LogP contribution in [0.25, 0.3) is 0 Å². The van der Waals surface area contributed by atoms with Gasteiger partial charge in [-0.3, -0.25) is 4.79 Å². The van der Waals surface area contributed by atoms with Crippen LogP contribution >= 0.6 is 11.6 Å². The van der Waals surface area contributed by atoms with Gasteiger partial charge in [-0.05, 0) is 30.2 Å². The molecule has 0 aromatic carbocycles. The predicted molar refractivity (Wildman–Crippen MR) is 75.5 cm³/mol. The largest absolute Gasteiger partial charge is 0.307 e. The monoisotopic (exact) mass is 275 g/mol. The number of hydrogen-bond donors (Lipinski definition) is 1. The number of aromatic nitrogens is 2. The summed E-state index contributed by atoms with van der Waals surface area (Å²) in [6.45, 7) is 4.00. The maximum atomic E-state index is 12.1. The molecule has 0 spiro atoms. The van der Waals surface area contributed by atoms with Crippen molar-refractivity contribution in [2.24, 2.45) is 0 Å². The van der Waals surface area contributed by atoms with Crippen molar-refractivity contribution in [2.75, 3.05) is 5.32 Å². The predicted octanol–water partition coefficient (Wildman–Crippen LogP) is 3.51. The minimum atomic E-state index is -0.245. The summed E-state index contributed by atoms with van der Waals surface area (Å²) in [6.07, 6.45) is 1.62. The van der Waals surface area contributed by atoms with Crippen molar-refractivity contribution < 1.29 is 4.79 Å². The Labute approximate surface area is 116 Å². The second kappa shape index (κ2) is 5.80. The Hall–Kier alpha value is -1.94. The average molecular weight is 276 g/mol. The number of carbonyl (C=O) groups is 1. The number of hydrogen-bond acceptors (Lipinski definition) is 3. The van der Waals surface area contributed by atoms with E-state index in [-0.39, 0.29) is 11.8 Å². The molecular formula is C14H14ClN3O. The van der Waals surface area contributed by atoms with Gasteiger partial charge in [-0.15, -0.1) is 0 Å². The van der Waals surface area contributed by atoms with Crippen molar-refractivity contribution in [2.45, 2.75) is 19.8 Å². The third-order valence-corrected chi connectivity index (χ3v) is 2.77. The van der Waals surface area contributed by atoms with Gasteiger partial charge >= 0.3 is 0 Å². The topological polar surface area (TPSA) is 54.9 Å².